The van der Waals surface area contributed by atoms with Gasteiger partial charge in [-0.1, -0.05) is 25.4 Å². The number of methoxy groups -OCH3 is 1. The average molecular weight is 439 g/mol. The lowest BCUT2D eigenvalue weighted by Crippen LogP contribution is -2.45. The zero-order chi connectivity index (χ0) is 22.4. The maximum atomic E-state index is 12.5. The number of hydrogen-bond donors (Lipinski definition) is 1. The first-order valence-electron chi connectivity index (χ1n) is 8.71. The maximum Gasteiger partial charge on any atom is 0.341 e. The molecule has 1 N–H and O–H groups in total. The minimum Gasteiger partial charge on any atom is -0.465 e. The van der Waals surface area contributed by atoms with E-state index in [-0.39, 0.29) is 40.1 Å². The largest absolute Gasteiger partial charge is 0.465 e. The second kappa shape index (κ2) is 9.88. The van der Waals surface area contributed by atoms with E-state index in [4.69, 9.17) is 20.8 Å². The molecular formula is C19H19ClN2O8. The summed E-state index contributed by atoms with van der Waals surface area (Å²) in [4.78, 5) is 46.8. The van der Waals surface area contributed by atoms with Gasteiger partial charge in [-0.15, -0.1) is 0 Å². The van der Waals surface area contributed by atoms with Gasteiger partial charge in [0.25, 0.3) is 11.6 Å². The molecule has 0 aliphatic carbocycles. The smallest absolute Gasteiger partial charge is 0.341 e. The molecule has 30 heavy (non-hydrogen) atoms. The Kier molecular flexibility index (Phi) is 7.54. The first-order chi connectivity index (χ1) is 14.1. The molecule has 1 heterocycles. The molecule has 160 valence electrons. The number of benzene rings is 1. The van der Waals surface area contributed by atoms with E-state index in [0.29, 0.717) is 0 Å². The van der Waals surface area contributed by atoms with Crippen molar-refractivity contribution in [2.75, 3.05) is 7.11 Å². The number of ether oxygens (including phenoxy) is 2. The van der Waals surface area contributed by atoms with Gasteiger partial charge in [-0.25, -0.2) is 9.59 Å². The van der Waals surface area contributed by atoms with Crippen molar-refractivity contribution in [1.82, 2.24) is 5.32 Å². The Bertz CT molecular complexity index is 969. The number of rotatable bonds is 8. The number of nitro benzene ring substituents is 1. The molecule has 0 bridgehead atoms. The van der Waals surface area contributed by atoms with Crippen molar-refractivity contribution in [3.8, 4) is 0 Å². The first kappa shape index (κ1) is 22.9. The van der Waals surface area contributed by atoms with E-state index in [9.17, 15) is 24.5 Å². The predicted octanol–water partition coefficient (Wildman–Crippen LogP) is 3.13. The minimum absolute atomic E-state index is 0.0280. The van der Waals surface area contributed by atoms with Crippen LogP contribution in [0.5, 0.6) is 0 Å². The molecule has 0 aliphatic rings. The normalized spacial score (nSPS) is 11.6. The Morgan fingerprint density at radius 3 is 2.50 bits per heavy atom. The molecule has 1 aromatic carbocycles. The van der Waals surface area contributed by atoms with Gasteiger partial charge in [0.15, 0.2) is 5.76 Å². The van der Waals surface area contributed by atoms with Crippen molar-refractivity contribution < 1.29 is 33.2 Å². The van der Waals surface area contributed by atoms with E-state index < -0.39 is 28.8 Å². The molecule has 0 fully saturated rings. The van der Waals surface area contributed by atoms with Crippen LogP contribution in [-0.2, 0) is 20.9 Å². The fourth-order valence-corrected chi connectivity index (χ4v) is 2.75. The number of furan rings is 1. The summed E-state index contributed by atoms with van der Waals surface area (Å²) in [7, 11) is 1.21. The van der Waals surface area contributed by atoms with Gasteiger partial charge in [0.1, 0.15) is 18.2 Å². The van der Waals surface area contributed by atoms with Gasteiger partial charge >= 0.3 is 11.9 Å². The summed E-state index contributed by atoms with van der Waals surface area (Å²) in [6.45, 7) is 3.04. The number of halogens is 1. The van der Waals surface area contributed by atoms with Crippen LogP contribution in [0.3, 0.4) is 0 Å². The molecule has 2 aromatic rings. The van der Waals surface area contributed by atoms with Gasteiger partial charge < -0.3 is 19.2 Å². The highest BCUT2D eigenvalue weighted by Crippen LogP contribution is 2.23. The van der Waals surface area contributed by atoms with Gasteiger partial charge in [-0.05, 0) is 18.1 Å². The van der Waals surface area contributed by atoms with Gasteiger partial charge in [0.05, 0.1) is 28.9 Å². The zero-order valence-electron chi connectivity index (χ0n) is 16.3. The second-order valence-electron chi connectivity index (χ2n) is 6.47. The van der Waals surface area contributed by atoms with Crippen molar-refractivity contribution in [3.63, 3.8) is 0 Å². The molecular weight excluding hydrogens is 420 g/mol. The van der Waals surface area contributed by atoms with Crippen LogP contribution < -0.4 is 5.32 Å². The maximum absolute atomic E-state index is 12.5. The number of hydrogen-bond acceptors (Lipinski definition) is 8. The number of non-ortho nitro benzene ring substituents is 1. The number of carbonyl (C=O) groups excluding carboxylic acids is 3. The summed E-state index contributed by atoms with van der Waals surface area (Å²) in [5.41, 5.74) is -0.177. The van der Waals surface area contributed by atoms with Gasteiger partial charge in [-0.2, -0.15) is 0 Å². The molecule has 1 amide bonds. The third-order valence-corrected chi connectivity index (χ3v) is 4.42. The van der Waals surface area contributed by atoms with Crippen molar-refractivity contribution in [2.45, 2.75) is 26.5 Å². The predicted molar refractivity (Wildman–Crippen MR) is 104 cm³/mol. The van der Waals surface area contributed by atoms with Gasteiger partial charge in [0, 0.05) is 12.1 Å². The van der Waals surface area contributed by atoms with E-state index in [1.165, 1.54) is 25.5 Å². The van der Waals surface area contributed by atoms with E-state index in [1.807, 2.05) is 0 Å². The molecule has 0 unspecified atom stereocenters. The Balaban J connectivity index is 2.09. The Hall–Kier alpha value is -3.40. The minimum atomic E-state index is -1.04. The van der Waals surface area contributed by atoms with Gasteiger partial charge in [0.2, 0.25) is 0 Å². The van der Waals surface area contributed by atoms with Crippen molar-refractivity contribution >= 4 is 35.1 Å². The van der Waals surface area contributed by atoms with Crippen LogP contribution in [0.15, 0.2) is 34.9 Å². The van der Waals surface area contributed by atoms with Crippen LogP contribution in [0.25, 0.3) is 0 Å². The quantitative estimate of drug-likeness (QED) is 0.377. The average Bonchev–Trinajstić information content (AvgIpc) is 3.17. The summed E-state index contributed by atoms with van der Waals surface area (Å²) in [6.07, 6.45) is 1.26. The lowest BCUT2D eigenvalue weighted by molar-refractivity contribution is -0.384. The first-order valence-corrected chi connectivity index (χ1v) is 9.09. The molecule has 2 rings (SSSR count). The molecule has 0 saturated heterocycles. The molecule has 1 aromatic heterocycles. The number of carbonyl (C=O) groups is 3. The summed E-state index contributed by atoms with van der Waals surface area (Å²) in [5.74, 6) is -2.35. The van der Waals surface area contributed by atoms with E-state index in [0.717, 1.165) is 12.1 Å². The van der Waals surface area contributed by atoms with Crippen molar-refractivity contribution in [2.24, 2.45) is 5.92 Å². The van der Waals surface area contributed by atoms with E-state index >= 15 is 0 Å². The number of nitro groups is 1. The Morgan fingerprint density at radius 1 is 1.23 bits per heavy atom. The third kappa shape index (κ3) is 5.35. The number of nitrogens with zero attached hydrogens (tertiary/aromatic N) is 1. The fourth-order valence-electron chi connectivity index (χ4n) is 2.49. The zero-order valence-corrected chi connectivity index (χ0v) is 17.1. The summed E-state index contributed by atoms with van der Waals surface area (Å²) >= 11 is 5.96. The standard InChI is InChI=1S/C19H19ClN2O8/c1-10(2)16(19(25)30-9-15-13(6-7-29-15)18(24)28-3)21-17(23)12-5-4-11(22(26)27)8-14(12)20/h4-8,10,16H,9H2,1-3H3,(H,21,23)/t16-/m0/s1. The van der Waals surface area contributed by atoms with Crippen LogP contribution >= 0.6 is 11.6 Å². The molecule has 0 saturated carbocycles. The van der Waals surface area contributed by atoms with Crippen LogP contribution in [-0.4, -0.2) is 35.9 Å². The number of nitrogens with one attached hydrogen (secondary N) is 1. The van der Waals surface area contributed by atoms with Crippen LogP contribution in [0, 0.1) is 16.0 Å². The van der Waals surface area contributed by atoms with E-state index in [1.54, 1.807) is 13.8 Å². The molecule has 0 radical (unpaired) electrons. The van der Waals surface area contributed by atoms with Crippen LogP contribution in [0.4, 0.5) is 5.69 Å². The molecule has 0 spiro atoms. The number of esters is 2. The lowest BCUT2D eigenvalue weighted by Gasteiger charge is -2.21. The number of amides is 1. The highest BCUT2D eigenvalue weighted by Gasteiger charge is 2.28. The van der Waals surface area contributed by atoms with Crippen molar-refractivity contribution in [1.29, 1.82) is 0 Å². The van der Waals surface area contributed by atoms with Crippen molar-refractivity contribution in [3.05, 3.63) is 62.6 Å². The topological polar surface area (TPSA) is 138 Å². The highest BCUT2D eigenvalue weighted by molar-refractivity contribution is 6.34. The molecule has 10 nitrogen and oxygen atoms in total. The third-order valence-electron chi connectivity index (χ3n) is 4.11. The Labute approximate surface area is 176 Å². The fraction of sp³-hybridized carbons (Fsp3) is 0.316. The van der Waals surface area contributed by atoms with Gasteiger partial charge in [-0.3, -0.25) is 14.9 Å². The Morgan fingerprint density at radius 2 is 1.93 bits per heavy atom. The van der Waals surface area contributed by atoms with E-state index in [2.05, 4.69) is 10.1 Å². The SMILES string of the molecule is COC(=O)c1ccoc1COC(=O)[C@@H](NC(=O)c1ccc([N+](=O)[O-])cc1Cl)C(C)C. The second-order valence-corrected chi connectivity index (χ2v) is 6.88. The molecule has 11 heteroatoms. The summed E-state index contributed by atoms with van der Waals surface area (Å²) in [6, 6.07) is 3.72. The molecule has 1 atom stereocenters. The summed E-state index contributed by atoms with van der Waals surface area (Å²) in [5, 5.41) is 13.2. The lowest BCUT2D eigenvalue weighted by atomic mass is 10.0. The van der Waals surface area contributed by atoms with Crippen LogP contribution in [0.2, 0.25) is 5.02 Å². The monoisotopic (exact) mass is 438 g/mol. The highest BCUT2D eigenvalue weighted by atomic mass is 35.5. The van der Waals surface area contributed by atoms with Crippen LogP contribution in [0.1, 0.15) is 40.3 Å². The molecule has 0 aliphatic heterocycles. The summed E-state index contributed by atoms with van der Waals surface area (Å²) < 4.78 is 14.9.